The Morgan fingerprint density at radius 2 is 1.94 bits per heavy atom. The first-order valence-electron chi connectivity index (χ1n) is 11.3. The van der Waals surface area contributed by atoms with Crippen molar-refractivity contribution in [3.8, 4) is 11.1 Å². The molecule has 0 unspecified atom stereocenters. The van der Waals surface area contributed by atoms with Crippen molar-refractivity contribution < 1.29 is 9.90 Å². The first-order chi connectivity index (χ1) is 14.9. The van der Waals surface area contributed by atoms with Crippen LogP contribution in [0.15, 0.2) is 24.7 Å². The molecule has 8 heteroatoms. The minimum atomic E-state index is -0.332. The molecule has 31 heavy (non-hydrogen) atoms. The Labute approximate surface area is 188 Å². The molecule has 7 nitrogen and oxygen atoms in total. The van der Waals surface area contributed by atoms with Gasteiger partial charge in [-0.05, 0) is 51.0 Å². The quantitative estimate of drug-likeness (QED) is 0.788. The molecule has 1 N–H and O–H groups in total. The van der Waals surface area contributed by atoms with Crippen molar-refractivity contribution in [2.75, 3.05) is 24.5 Å². The number of aryl methyl sites for hydroxylation is 1. The van der Waals surface area contributed by atoms with Gasteiger partial charge in [0, 0.05) is 56.2 Å². The normalized spacial score (nSPS) is 29.2. The van der Waals surface area contributed by atoms with Crippen LogP contribution in [0.5, 0.6) is 0 Å². The summed E-state index contributed by atoms with van der Waals surface area (Å²) in [6, 6.07) is 2.23. The van der Waals surface area contributed by atoms with Gasteiger partial charge in [-0.2, -0.15) is 5.10 Å². The van der Waals surface area contributed by atoms with Crippen LogP contribution in [0.3, 0.4) is 0 Å². The maximum Gasteiger partial charge on any atom is 0.230 e. The molecule has 3 aliphatic rings. The molecular weight excluding hydrogens is 414 g/mol. The zero-order valence-electron chi connectivity index (χ0n) is 18.0. The van der Waals surface area contributed by atoms with Crippen LogP contribution in [0.2, 0.25) is 5.02 Å². The third kappa shape index (κ3) is 3.82. The van der Waals surface area contributed by atoms with Crippen molar-refractivity contribution in [3.63, 3.8) is 0 Å². The lowest BCUT2D eigenvalue weighted by molar-refractivity contribution is -0.139. The summed E-state index contributed by atoms with van der Waals surface area (Å²) in [7, 11) is 1.89. The van der Waals surface area contributed by atoms with E-state index in [1.807, 2.05) is 25.5 Å². The molecule has 1 spiro atoms. The number of amides is 1. The molecule has 5 rings (SSSR count). The van der Waals surface area contributed by atoms with E-state index in [-0.39, 0.29) is 17.6 Å². The Bertz CT molecular complexity index is 971. The second kappa shape index (κ2) is 8.10. The molecule has 0 bridgehead atoms. The molecule has 0 radical (unpaired) electrons. The number of aliphatic hydroxyl groups is 1. The van der Waals surface area contributed by atoms with Crippen LogP contribution in [0, 0.1) is 5.41 Å². The van der Waals surface area contributed by atoms with E-state index in [4.69, 9.17) is 11.6 Å². The van der Waals surface area contributed by atoms with Crippen LogP contribution in [0.1, 0.15) is 44.9 Å². The smallest absolute Gasteiger partial charge is 0.230 e. The molecule has 2 aliphatic heterocycles. The van der Waals surface area contributed by atoms with Crippen molar-refractivity contribution in [2.45, 2.75) is 57.1 Å². The molecule has 1 saturated carbocycles. The predicted molar refractivity (Wildman–Crippen MR) is 120 cm³/mol. The fraction of sp³-hybridized carbons (Fsp3) is 0.609. The van der Waals surface area contributed by atoms with E-state index >= 15 is 0 Å². The highest BCUT2D eigenvalue weighted by atomic mass is 35.5. The van der Waals surface area contributed by atoms with Gasteiger partial charge in [-0.1, -0.05) is 11.6 Å². The Balaban J connectivity index is 1.33. The standard InChI is InChI=1S/C23H30ClN5O2/c1-27-14-17(13-26-27)16-11-20(24)21(25-12-16)28-9-2-7-23(15-28)8-10-29(22(23)31)18-3-5-19(30)6-4-18/h11-14,18-19,30H,2-10,15H2,1H3/t18?,19?,23-/m0/s1. The van der Waals surface area contributed by atoms with Crippen LogP contribution in [0.25, 0.3) is 11.1 Å². The summed E-state index contributed by atoms with van der Waals surface area (Å²) < 4.78 is 1.76. The minimum absolute atomic E-state index is 0.198. The minimum Gasteiger partial charge on any atom is -0.393 e. The number of carbonyl (C=O) groups excluding carboxylic acids is 1. The summed E-state index contributed by atoms with van der Waals surface area (Å²) in [6.07, 6.45) is 11.6. The summed E-state index contributed by atoms with van der Waals surface area (Å²) in [4.78, 5) is 22.5. The van der Waals surface area contributed by atoms with Crippen LogP contribution in [-0.4, -0.2) is 62.5 Å². The van der Waals surface area contributed by atoms with Gasteiger partial charge in [0.25, 0.3) is 0 Å². The lowest BCUT2D eigenvalue weighted by atomic mass is 9.78. The van der Waals surface area contributed by atoms with E-state index < -0.39 is 0 Å². The zero-order chi connectivity index (χ0) is 21.6. The average Bonchev–Trinajstić information content (AvgIpc) is 3.33. The third-order valence-electron chi connectivity index (χ3n) is 7.39. The number of nitrogens with zero attached hydrogens (tertiary/aromatic N) is 5. The van der Waals surface area contributed by atoms with E-state index in [2.05, 4.69) is 19.9 Å². The highest BCUT2D eigenvalue weighted by Crippen LogP contribution is 2.44. The Hall–Kier alpha value is -2.12. The summed E-state index contributed by atoms with van der Waals surface area (Å²) in [6.45, 7) is 2.37. The monoisotopic (exact) mass is 443 g/mol. The molecule has 1 aliphatic carbocycles. The van der Waals surface area contributed by atoms with Crippen molar-refractivity contribution in [1.82, 2.24) is 19.7 Å². The number of rotatable bonds is 3. The van der Waals surface area contributed by atoms with Crippen molar-refractivity contribution in [1.29, 1.82) is 0 Å². The summed E-state index contributed by atoms with van der Waals surface area (Å²) in [5.74, 6) is 1.06. The second-order valence-corrected chi connectivity index (χ2v) is 9.86. The first-order valence-corrected chi connectivity index (χ1v) is 11.7. The number of hydrogen-bond acceptors (Lipinski definition) is 5. The van der Waals surface area contributed by atoms with Gasteiger partial charge >= 0.3 is 0 Å². The molecular formula is C23H30ClN5O2. The van der Waals surface area contributed by atoms with Gasteiger partial charge in [-0.15, -0.1) is 0 Å². The average molecular weight is 444 g/mol. The topological polar surface area (TPSA) is 74.5 Å². The lowest BCUT2D eigenvalue weighted by Crippen LogP contribution is -2.50. The summed E-state index contributed by atoms with van der Waals surface area (Å²) >= 11 is 6.66. The van der Waals surface area contributed by atoms with Crippen molar-refractivity contribution >= 4 is 23.3 Å². The fourth-order valence-corrected chi connectivity index (χ4v) is 5.93. The number of aliphatic hydroxyl groups excluding tert-OH is 1. The van der Waals surface area contributed by atoms with E-state index in [9.17, 15) is 9.90 Å². The largest absolute Gasteiger partial charge is 0.393 e. The second-order valence-electron chi connectivity index (χ2n) is 9.45. The molecule has 1 atom stereocenters. The summed E-state index contributed by atoms with van der Waals surface area (Å²) in [5, 5.41) is 14.7. The van der Waals surface area contributed by atoms with E-state index in [0.29, 0.717) is 17.5 Å². The molecule has 0 aromatic carbocycles. The SMILES string of the molecule is Cn1cc(-c2cnc(N3CCC[C@]4(CCN(C5CCC(O)CC5)C4=O)C3)c(Cl)c2)cn1. The number of piperidine rings is 1. The number of hydrogen-bond donors (Lipinski definition) is 1. The fourth-order valence-electron chi connectivity index (χ4n) is 5.65. The molecule has 3 fully saturated rings. The van der Waals surface area contributed by atoms with Gasteiger partial charge in [-0.25, -0.2) is 4.98 Å². The van der Waals surface area contributed by atoms with Gasteiger partial charge in [0.1, 0.15) is 5.82 Å². The maximum absolute atomic E-state index is 13.5. The number of halogens is 1. The van der Waals surface area contributed by atoms with Gasteiger partial charge in [0.2, 0.25) is 5.91 Å². The Morgan fingerprint density at radius 1 is 1.13 bits per heavy atom. The first kappa shape index (κ1) is 20.8. The van der Waals surface area contributed by atoms with Gasteiger partial charge in [0.05, 0.1) is 22.7 Å². The summed E-state index contributed by atoms with van der Waals surface area (Å²) in [5.41, 5.74) is 1.59. The van der Waals surface area contributed by atoms with Crippen LogP contribution in [0.4, 0.5) is 5.82 Å². The van der Waals surface area contributed by atoms with Crippen molar-refractivity contribution in [3.05, 3.63) is 29.7 Å². The van der Waals surface area contributed by atoms with Crippen LogP contribution >= 0.6 is 11.6 Å². The third-order valence-corrected chi connectivity index (χ3v) is 7.67. The number of anilines is 1. The number of carbonyl (C=O) groups is 1. The highest BCUT2D eigenvalue weighted by Gasteiger charge is 2.51. The molecule has 2 saturated heterocycles. The molecule has 2 aromatic heterocycles. The van der Waals surface area contributed by atoms with E-state index in [1.165, 1.54) is 0 Å². The predicted octanol–water partition coefficient (Wildman–Crippen LogP) is 3.26. The van der Waals surface area contributed by atoms with Crippen LogP contribution in [-0.2, 0) is 11.8 Å². The number of pyridine rings is 1. The molecule has 2 aromatic rings. The molecule has 1 amide bonds. The van der Waals surface area contributed by atoms with Gasteiger partial charge in [-0.3, -0.25) is 9.48 Å². The van der Waals surface area contributed by atoms with E-state index in [0.717, 1.165) is 75.0 Å². The number of aromatic nitrogens is 3. The Morgan fingerprint density at radius 3 is 2.65 bits per heavy atom. The Kier molecular flexibility index (Phi) is 5.42. The number of likely N-dealkylation sites (tertiary alicyclic amines) is 1. The maximum atomic E-state index is 13.5. The van der Waals surface area contributed by atoms with Gasteiger partial charge < -0.3 is 14.9 Å². The molecule has 4 heterocycles. The lowest BCUT2D eigenvalue weighted by Gasteiger charge is -2.41. The zero-order valence-corrected chi connectivity index (χ0v) is 18.8. The van der Waals surface area contributed by atoms with E-state index in [1.54, 1.807) is 10.9 Å². The van der Waals surface area contributed by atoms with Crippen LogP contribution < -0.4 is 4.90 Å². The van der Waals surface area contributed by atoms with Crippen molar-refractivity contribution in [2.24, 2.45) is 12.5 Å². The van der Waals surface area contributed by atoms with Gasteiger partial charge in [0.15, 0.2) is 0 Å². The molecule has 166 valence electrons. The highest BCUT2D eigenvalue weighted by molar-refractivity contribution is 6.33.